The van der Waals surface area contributed by atoms with Gasteiger partial charge in [-0.15, -0.1) is 0 Å². The Morgan fingerprint density at radius 3 is 1.61 bits per heavy atom. The Bertz CT molecular complexity index is 2910. The molecule has 0 spiro atoms. The van der Waals surface area contributed by atoms with Crippen molar-refractivity contribution in [3.05, 3.63) is 182 Å². The molecule has 2 aromatic heterocycles. The van der Waals surface area contributed by atoms with E-state index in [1.165, 1.54) is 82.5 Å². The summed E-state index contributed by atoms with van der Waals surface area (Å²) < 4.78 is 2.42. The third-order valence-electron chi connectivity index (χ3n) is 10.7. The molecular weight excluding hydrogens is 617 g/mol. The van der Waals surface area contributed by atoms with Crippen LogP contribution < -0.4 is 0 Å². The molecule has 0 unspecified atom stereocenters. The van der Waals surface area contributed by atoms with E-state index >= 15 is 0 Å². The van der Waals surface area contributed by atoms with Crippen LogP contribution in [0.25, 0.3) is 105 Å². The van der Waals surface area contributed by atoms with Gasteiger partial charge in [0.25, 0.3) is 0 Å². The summed E-state index contributed by atoms with van der Waals surface area (Å²) in [6.07, 6.45) is 0. The van der Waals surface area contributed by atoms with E-state index < -0.39 is 0 Å². The molecule has 2 heterocycles. The molecule has 0 aliphatic heterocycles. The second kappa shape index (κ2) is 10.9. The number of nitrogens with zero attached hydrogens (tertiary/aromatic N) is 2. The van der Waals surface area contributed by atoms with Gasteiger partial charge in [-0.2, -0.15) is 0 Å². The van der Waals surface area contributed by atoms with Gasteiger partial charge in [-0.1, -0.05) is 127 Å². The fourth-order valence-electron chi connectivity index (χ4n) is 8.28. The largest absolute Gasteiger partial charge is 0.309 e. The predicted molar refractivity (Wildman–Crippen MR) is 214 cm³/mol. The van der Waals surface area contributed by atoms with E-state index in [4.69, 9.17) is 4.98 Å². The zero-order chi connectivity index (χ0) is 33.5. The highest BCUT2D eigenvalue weighted by atomic mass is 15.0. The van der Waals surface area contributed by atoms with Gasteiger partial charge in [0.05, 0.1) is 22.2 Å². The van der Waals surface area contributed by atoms with Gasteiger partial charge in [0.1, 0.15) is 0 Å². The van der Waals surface area contributed by atoms with E-state index in [0.717, 1.165) is 22.5 Å². The van der Waals surface area contributed by atoms with Gasteiger partial charge in [-0.3, -0.25) is 0 Å². The lowest BCUT2D eigenvalue weighted by molar-refractivity contribution is 1.19. The summed E-state index contributed by atoms with van der Waals surface area (Å²) in [5.41, 5.74) is 16.7. The second-order valence-corrected chi connectivity index (χ2v) is 13.6. The molecule has 10 aromatic rings. The van der Waals surface area contributed by atoms with E-state index in [1.54, 1.807) is 0 Å². The first-order valence-electron chi connectivity index (χ1n) is 17.5. The minimum Gasteiger partial charge on any atom is -0.309 e. The number of hydrogen-bond donors (Lipinski definition) is 0. The summed E-state index contributed by atoms with van der Waals surface area (Å²) in [5.74, 6) is 0. The van der Waals surface area contributed by atoms with Crippen LogP contribution in [0.3, 0.4) is 0 Å². The SMILES string of the molecule is c1ccc(-c2ccc3c(c2)c2cc(-c4ccccc4)ccc2n3-c2ccc3cc(-c4cc5c6c(cccc6n4)-c4ccccc4-5)ccc3c2)cc1. The highest BCUT2D eigenvalue weighted by molar-refractivity contribution is 6.15. The number of benzene rings is 8. The molecular formula is C49H30N2. The molecule has 0 atom stereocenters. The molecule has 2 heteroatoms. The number of hydrogen-bond acceptors (Lipinski definition) is 1. The Labute approximate surface area is 295 Å². The van der Waals surface area contributed by atoms with Crippen molar-refractivity contribution >= 4 is 43.5 Å². The van der Waals surface area contributed by atoms with Crippen LogP contribution in [-0.2, 0) is 0 Å². The molecule has 0 radical (unpaired) electrons. The highest BCUT2D eigenvalue weighted by Crippen LogP contribution is 2.48. The van der Waals surface area contributed by atoms with Gasteiger partial charge in [-0.05, 0) is 110 Å². The van der Waals surface area contributed by atoms with Gasteiger partial charge >= 0.3 is 0 Å². The summed E-state index contributed by atoms with van der Waals surface area (Å²) in [5, 5.41) is 6.15. The summed E-state index contributed by atoms with van der Waals surface area (Å²) in [6, 6.07) is 66.2. The lowest BCUT2D eigenvalue weighted by Gasteiger charge is -2.12. The van der Waals surface area contributed by atoms with Crippen LogP contribution >= 0.6 is 0 Å². The quantitative estimate of drug-likeness (QED) is 0.186. The van der Waals surface area contributed by atoms with E-state index in [1.807, 2.05) is 0 Å². The van der Waals surface area contributed by atoms with E-state index in [0.29, 0.717) is 0 Å². The van der Waals surface area contributed by atoms with Crippen molar-refractivity contribution < 1.29 is 0 Å². The van der Waals surface area contributed by atoms with E-state index in [9.17, 15) is 0 Å². The van der Waals surface area contributed by atoms with Gasteiger partial charge < -0.3 is 4.57 Å². The number of aromatic nitrogens is 2. The van der Waals surface area contributed by atoms with Crippen LogP contribution in [0, 0.1) is 0 Å². The Kier molecular flexibility index (Phi) is 5.99. The highest BCUT2D eigenvalue weighted by Gasteiger charge is 2.22. The lowest BCUT2D eigenvalue weighted by Crippen LogP contribution is -1.94. The Morgan fingerprint density at radius 2 is 0.922 bits per heavy atom. The van der Waals surface area contributed by atoms with Crippen molar-refractivity contribution in [3.63, 3.8) is 0 Å². The normalized spacial score (nSPS) is 11.9. The lowest BCUT2D eigenvalue weighted by atomic mass is 10.0. The number of rotatable bonds is 4. The first-order chi connectivity index (χ1) is 25.3. The van der Waals surface area contributed by atoms with Gasteiger partial charge in [0, 0.05) is 27.4 Å². The molecule has 236 valence electrons. The molecule has 11 rings (SSSR count). The first-order valence-corrected chi connectivity index (χ1v) is 17.5. The molecule has 0 N–H and O–H groups in total. The smallest absolute Gasteiger partial charge is 0.0722 e. The third kappa shape index (κ3) is 4.33. The topological polar surface area (TPSA) is 17.8 Å². The molecule has 1 aliphatic rings. The van der Waals surface area contributed by atoms with E-state index in [-0.39, 0.29) is 0 Å². The van der Waals surface area contributed by atoms with Crippen LogP contribution in [0.2, 0.25) is 0 Å². The molecule has 0 bridgehead atoms. The van der Waals surface area contributed by atoms with Crippen molar-refractivity contribution in [1.82, 2.24) is 9.55 Å². The minimum atomic E-state index is 1.00. The minimum absolute atomic E-state index is 1.00. The molecule has 0 amide bonds. The van der Waals surface area contributed by atoms with Crippen LogP contribution in [0.15, 0.2) is 182 Å². The molecule has 0 saturated heterocycles. The summed E-state index contributed by atoms with van der Waals surface area (Å²) in [7, 11) is 0. The van der Waals surface area contributed by atoms with Gasteiger partial charge in [0.2, 0.25) is 0 Å². The maximum atomic E-state index is 5.18. The monoisotopic (exact) mass is 646 g/mol. The zero-order valence-corrected chi connectivity index (χ0v) is 27.7. The molecule has 2 nitrogen and oxygen atoms in total. The van der Waals surface area contributed by atoms with Gasteiger partial charge in [-0.25, -0.2) is 4.98 Å². The predicted octanol–water partition coefficient (Wildman–Crippen LogP) is 13.1. The average Bonchev–Trinajstić information content (AvgIpc) is 3.71. The van der Waals surface area contributed by atoms with Crippen LogP contribution in [0.1, 0.15) is 0 Å². The molecule has 1 aliphatic carbocycles. The van der Waals surface area contributed by atoms with Crippen LogP contribution in [0.5, 0.6) is 0 Å². The Balaban J connectivity index is 1.06. The molecule has 0 saturated carbocycles. The standard InChI is InChI=1S/C49H30N2/c1-3-10-31(11-4-1)35-21-24-47-42(28-35)43-29-36(32-12-5-2-6-13-32)22-25-48(43)51(47)38-23-20-33-26-37(19-18-34(33)27-38)46-30-44-40-15-8-7-14-39(40)41-16-9-17-45(50-46)49(41)44/h1-30H. The summed E-state index contributed by atoms with van der Waals surface area (Å²) >= 11 is 0. The van der Waals surface area contributed by atoms with Crippen molar-refractivity contribution in [1.29, 1.82) is 0 Å². The fraction of sp³-hybridized carbons (Fsp3) is 0. The van der Waals surface area contributed by atoms with Crippen LogP contribution in [-0.4, -0.2) is 9.55 Å². The molecule has 8 aromatic carbocycles. The van der Waals surface area contributed by atoms with Crippen molar-refractivity contribution in [2.75, 3.05) is 0 Å². The van der Waals surface area contributed by atoms with Gasteiger partial charge in [0.15, 0.2) is 0 Å². The van der Waals surface area contributed by atoms with Crippen molar-refractivity contribution in [2.45, 2.75) is 0 Å². The summed E-state index contributed by atoms with van der Waals surface area (Å²) in [4.78, 5) is 5.18. The Morgan fingerprint density at radius 1 is 0.353 bits per heavy atom. The maximum Gasteiger partial charge on any atom is 0.0722 e. The maximum absolute atomic E-state index is 5.18. The third-order valence-corrected chi connectivity index (χ3v) is 10.7. The average molecular weight is 647 g/mol. The second-order valence-electron chi connectivity index (χ2n) is 13.6. The summed E-state index contributed by atoms with van der Waals surface area (Å²) in [6.45, 7) is 0. The fourth-order valence-corrected chi connectivity index (χ4v) is 8.28. The van der Waals surface area contributed by atoms with Crippen molar-refractivity contribution in [3.8, 4) is 61.5 Å². The number of pyridine rings is 1. The Hall–Kier alpha value is -6.77. The number of fused-ring (bicyclic) bond motifs is 7. The molecule has 51 heavy (non-hydrogen) atoms. The zero-order valence-electron chi connectivity index (χ0n) is 27.7. The van der Waals surface area contributed by atoms with E-state index in [2.05, 4.69) is 187 Å². The molecule has 0 fully saturated rings. The van der Waals surface area contributed by atoms with Crippen LogP contribution in [0.4, 0.5) is 0 Å². The van der Waals surface area contributed by atoms with Crippen molar-refractivity contribution in [2.24, 2.45) is 0 Å². The first kappa shape index (κ1) is 28.1.